The van der Waals surface area contributed by atoms with E-state index in [4.69, 9.17) is 0 Å². The molecule has 3 N–H and O–H groups in total. The van der Waals surface area contributed by atoms with Gasteiger partial charge in [-0.05, 0) is 55.5 Å². The van der Waals surface area contributed by atoms with Gasteiger partial charge in [0.1, 0.15) is 6.67 Å². The van der Waals surface area contributed by atoms with Gasteiger partial charge in [0.15, 0.2) is 0 Å². The summed E-state index contributed by atoms with van der Waals surface area (Å²) >= 11 is 0. The lowest BCUT2D eigenvalue weighted by atomic mass is 9.81. The molecule has 3 amide bonds. The summed E-state index contributed by atoms with van der Waals surface area (Å²) in [7, 11) is 0. The summed E-state index contributed by atoms with van der Waals surface area (Å²) < 4.78 is 12.8. The minimum Gasteiger partial charge on any atom is -0.349 e. The van der Waals surface area contributed by atoms with Gasteiger partial charge < -0.3 is 16.0 Å². The first kappa shape index (κ1) is 24.8. The van der Waals surface area contributed by atoms with Gasteiger partial charge in [-0.3, -0.25) is 24.3 Å². The Hall–Kier alpha value is -3.33. The van der Waals surface area contributed by atoms with Crippen molar-refractivity contribution in [3.05, 3.63) is 59.4 Å². The van der Waals surface area contributed by atoms with E-state index in [1.54, 1.807) is 24.4 Å². The van der Waals surface area contributed by atoms with Gasteiger partial charge in [0.2, 0.25) is 11.8 Å². The fourth-order valence-electron chi connectivity index (χ4n) is 4.99. The molecule has 0 radical (unpaired) electrons. The van der Waals surface area contributed by atoms with Gasteiger partial charge in [-0.15, -0.1) is 0 Å². The molecule has 1 saturated heterocycles. The molecule has 186 valence electrons. The van der Waals surface area contributed by atoms with Crippen LogP contribution in [-0.4, -0.2) is 59.3 Å². The Morgan fingerprint density at radius 2 is 1.86 bits per heavy atom. The minimum absolute atomic E-state index is 0.0779. The fourth-order valence-corrected chi connectivity index (χ4v) is 4.99. The van der Waals surface area contributed by atoms with Crippen LogP contribution in [0.2, 0.25) is 0 Å². The SMILES string of the molecule is CC(=O)Nc1cccnc1C1CCC(N2CC(NC(=O)CNC(=O)c3cccc(CF)c3)C2)CC1. The highest BCUT2D eigenvalue weighted by molar-refractivity contribution is 5.96. The predicted molar refractivity (Wildman–Crippen MR) is 131 cm³/mol. The number of nitrogens with one attached hydrogen (secondary N) is 3. The van der Waals surface area contributed by atoms with Gasteiger partial charge in [0, 0.05) is 43.7 Å². The van der Waals surface area contributed by atoms with Crippen LogP contribution in [0.1, 0.15) is 60.1 Å². The molecule has 1 aromatic carbocycles. The zero-order valence-corrected chi connectivity index (χ0v) is 19.9. The van der Waals surface area contributed by atoms with Crippen LogP contribution in [0.3, 0.4) is 0 Å². The number of likely N-dealkylation sites (tertiary alicyclic amines) is 1. The first-order chi connectivity index (χ1) is 16.9. The normalized spacial score (nSPS) is 20.5. The number of pyridine rings is 1. The molecule has 35 heavy (non-hydrogen) atoms. The second kappa shape index (κ2) is 11.4. The van der Waals surface area contributed by atoms with Crippen molar-refractivity contribution in [1.29, 1.82) is 0 Å². The van der Waals surface area contributed by atoms with Crippen molar-refractivity contribution in [1.82, 2.24) is 20.5 Å². The molecular weight excluding hydrogens is 449 g/mol. The average Bonchev–Trinajstić information content (AvgIpc) is 2.84. The van der Waals surface area contributed by atoms with E-state index in [2.05, 4.69) is 25.8 Å². The second-order valence-corrected chi connectivity index (χ2v) is 9.36. The fraction of sp³-hybridized carbons (Fsp3) is 0.462. The van der Waals surface area contributed by atoms with Crippen molar-refractivity contribution in [2.45, 2.75) is 57.3 Å². The highest BCUT2D eigenvalue weighted by atomic mass is 19.1. The number of rotatable bonds is 8. The zero-order valence-electron chi connectivity index (χ0n) is 19.9. The Morgan fingerprint density at radius 1 is 1.09 bits per heavy atom. The third-order valence-corrected chi connectivity index (χ3v) is 6.78. The monoisotopic (exact) mass is 481 g/mol. The van der Waals surface area contributed by atoms with Crippen molar-refractivity contribution in [3.8, 4) is 0 Å². The molecule has 2 aromatic rings. The van der Waals surface area contributed by atoms with Gasteiger partial charge in [-0.2, -0.15) is 0 Å². The summed E-state index contributed by atoms with van der Waals surface area (Å²) in [5, 5.41) is 8.45. The predicted octanol–water partition coefficient (Wildman–Crippen LogP) is 2.77. The van der Waals surface area contributed by atoms with Gasteiger partial charge in [0.05, 0.1) is 24.0 Å². The second-order valence-electron chi connectivity index (χ2n) is 9.36. The first-order valence-corrected chi connectivity index (χ1v) is 12.1. The number of amides is 3. The maximum atomic E-state index is 12.8. The van der Waals surface area contributed by atoms with E-state index < -0.39 is 12.6 Å². The minimum atomic E-state index is -0.636. The van der Waals surface area contributed by atoms with Crippen LogP contribution in [-0.2, 0) is 16.3 Å². The van der Waals surface area contributed by atoms with Crippen molar-refractivity contribution < 1.29 is 18.8 Å². The number of benzene rings is 1. The number of carbonyl (C=O) groups excluding carboxylic acids is 3. The van der Waals surface area contributed by atoms with E-state index in [9.17, 15) is 18.8 Å². The molecule has 0 bridgehead atoms. The van der Waals surface area contributed by atoms with Crippen LogP contribution in [0, 0.1) is 0 Å². The molecular formula is C26H32FN5O3. The Kier molecular flexibility index (Phi) is 8.07. The van der Waals surface area contributed by atoms with Gasteiger partial charge in [-0.25, -0.2) is 4.39 Å². The highest BCUT2D eigenvalue weighted by Gasteiger charge is 2.36. The topological polar surface area (TPSA) is 103 Å². The molecule has 4 rings (SSSR count). The molecule has 1 aliphatic heterocycles. The number of hydrogen-bond donors (Lipinski definition) is 3. The molecule has 1 aliphatic carbocycles. The van der Waals surface area contributed by atoms with Crippen molar-refractivity contribution in [3.63, 3.8) is 0 Å². The van der Waals surface area contributed by atoms with E-state index in [1.165, 1.54) is 13.0 Å². The van der Waals surface area contributed by atoms with E-state index in [-0.39, 0.29) is 24.4 Å². The van der Waals surface area contributed by atoms with Gasteiger partial charge >= 0.3 is 0 Å². The molecule has 2 heterocycles. The van der Waals surface area contributed by atoms with Crippen LogP contribution in [0.25, 0.3) is 0 Å². The molecule has 0 atom stereocenters. The molecule has 0 spiro atoms. The van der Waals surface area contributed by atoms with Crippen molar-refractivity contribution in [2.75, 3.05) is 25.0 Å². The number of aromatic nitrogens is 1. The van der Waals surface area contributed by atoms with Crippen LogP contribution in [0.15, 0.2) is 42.6 Å². The number of halogens is 1. The summed E-state index contributed by atoms with van der Waals surface area (Å²) in [6, 6.07) is 10.6. The lowest BCUT2D eigenvalue weighted by molar-refractivity contribution is -0.122. The number of carbonyl (C=O) groups is 3. The maximum absolute atomic E-state index is 12.8. The van der Waals surface area contributed by atoms with Crippen LogP contribution in [0.4, 0.5) is 10.1 Å². The van der Waals surface area contributed by atoms with E-state index in [0.29, 0.717) is 23.1 Å². The molecule has 1 saturated carbocycles. The van der Waals surface area contributed by atoms with Crippen molar-refractivity contribution in [2.24, 2.45) is 0 Å². The van der Waals surface area contributed by atoms with E-state index in [1.807, 2.05) is 12.1 Å². The molecule has 1 aromatic heterocycles. The largest absolute Gasteiger partial charge is 0.349 e. The third-order valence-electron chi connectivity index (χ3n) is 6.78. The van der Waals surface area contributed by atoms with Crippen LogP contribution >= 0.6 is 0 Å². The van der Waals surface area contributed by atoms with Crippen LogP contribution in [0.5, 0.6) is 0 Å². The zero-order chi connectivity index (χ0) is 24.8. The molecule has 9 heteroatoms. The van der Waals surface area contributed by atoms with Gasteiger partial charge in [-0.1, -0.05) is 12.1 Å². The number of nitrogens with zero attached hydrogens (tertiary/aromatic N) is 2. The third kappa shape index (κ3) is 6.42. The molecule has 2 fully saturated rings. The van der Waals surface area contributed by atoms with Crippen molar-refractivity contribution >= 4 is 23.4 Å². The highest BCUT2D eigenvalue weighted by Crippen LogP contribution is 2.37. The smallest absolute Gasteiger partial charge is 0.251 e. The molecule has 8 nitrogen and oxygen atoms in total. The first-order valence-electron chi connectivity index (χ1n) is 12.1. The standard InChI is InChI=1S/C26H32FN5O3/c1-17(33)30-23-6-3-11-28-25(23)19-7-9-22(10-8-19)32-15-21(16-32)31-24(34)14-29-26(35)20-5-2-4-18(12-20)13-27/h2-6,11-12,19,21-22H,7-10,13-16H2,1H3,(H,29,35)(H,30,33)(H,31,34). The summed E-state index contributed by atoms with van der Waals surface area (Å²) in [4.78, 5) is 42.9. The Labute approximate surface area is 204 Å². The lowest BCUT2D eigenvalue weighted by Gasteiger charge is -2.46. The van der Waals surface area contributed by atoms with Gasteiger partial charge in [0.25, 0.3) is 5.91 Å². The Morgan fingerprint density at radius 3 is 2.57 bits per heavy atom. The summed E-state index contributed by atoms with van der Waals surface area (Å²) in [5.41, 5.74) is 2.54. The van der Waals surface area contributed by atoms with E-state index in [0.717, 1.165) is 50.2 Å². The molecule has 0 unspecified atom stereocenters. The number of hydrogen-bond acceptors (Lipinski definition) is 5. The number of alkyl halides is 1. The quantitative estimate of drug-likeness (QED) is 0.538. The lowest BCUT2D eigenvalue weighted by Crippen LogP contribution is -2.63. The summed E-state index contributed by atoms with van der Waals surface area (Å²) in [6.45, 7) is 2.36. The maximum Gasteiger partial charge on any atom is 0.251 e. The van der Waals surface area contributed by atoms with Crippen LogP contribution < -0.4 is 16.0 Å². The van der Waals surface area contributed by atoms with E-state index >= 15 is 0 Å². The Balaban J connectivity index is 1.17. The summed E-state index contributed by atoms with van der Waals surface area (Å²) in [6.07, 6.45) is 5.90. The molecule has 2 aliphatic rings. The Bertz CT molecular complexity index is 1060. The average molecular weight is 482 g/mol. The number of anilines is 1. The summed E-state index contributed by atoms with van der Waals surface area (Å²) in [5.74, 6) is -0.376.